The predicted molar refractivity (Wildman–Crippen MR) is 129 cm³/mol. The van der Waals surface area contributed by atoms with Gasteiger partial charge in [0, 0.05) is 18.1 Å². The van der Waals surface area contributed by atoms with Crippen LogP contribution < -0.4 is 4.72 Å². The number of sulfonamides is 1. The van der Waals surface area contributed by atoms with Crippen LogP contribution in [0.4, 0.5) is 4.79 Å². The lowest BCUT2D eigenvalue weighted by Gasteiger charge is -2.35. The summed E-state index contributed by atoms with van der Waals surface area (Å²) in [5, 5.41) is 10.3. The molecule has 0 spiro atoms. The molecule has 0 bridgehead atoms. The number of likely N-dealkylation sites (tertiary alicyclic amines) is 1. The van der Waals surface area contributed by atoms with Gasteiger partial charge in [0.2, 0.25) is 10.0 Å². The Morgan fingerprint density at radius 2 is 1.53 bits per heavy atom. The van der Waals surface area contributed by atoms with Crippen LogP contribution in [-0.4, -0.2) is 55.2 Å². The van der Waals surface area contributed by atoms with Gasteiger partial charge in [-0.2, -0.15) is 4.72 Å². The zero-order valence-electron chi connectivity index (χ0n) is 19.3. The first-order chi connectivity index (χ1) is 15.9. The number of carboxylic acids is 1. The lowest BCUT2D eigenvalue weighted by molar-refractivity contribution is -0.140. The van der Waals surface area contributed by atoms with Crippen LogP contribution in [0, 0.1) is 5.92 Å². The summed E-state index contributed by atoms with van der Waals surface area (Å²) in [6.07, 6.45) is 0.224. The molecule has 0 aliphatic carbocycles. The molecule has 1 amide bonds. The van der Waals surface area contributed by atoms with Crippen molar-refractivity contribution in [3.63, 3.8) is 0 Å². The predicted octanol–water partition coefficient (Wildman–Crippen LogP) is 4.39. The Morgan fingerprint density at radius 1 is 1.03 bits per heavy atom. The fourth-order valence-electron chi connectivity index (χ4n) is 3.79. The molecule has 10 heteroatoms. The molecule has 1 fully saturated rings. The van der Waals surface area contributed by atoms with Crippen molar-refractivity contribution in [2.45, 2.75) is 50.2 Å². The van der Waals surface area contributed by atoms with Gasteiger partial charge in [0.05, 0.1) is 4.90 Å². The number of ether oxygens (including phenoxy) is 1. The maximum atomic E-state index is 12.9. The molecule has 184 valence electrons. The van der Waals surface area contributed by atoms with Gasteiger partial charge in [-0.05, 0) is 74.9 Å². The van der Waals surface area contributed by atoms with E-state index < -0.39 is 39.6 Å². The van der Waals surface area contributed by atoms with Gasteiger partial charge in [-0.15, -0.1) is 0 Å². The van der Waals surface area contributed by atoms with E-state index in [1.54, 1.807) is 45.0 Å². The van der Waals surface area contributed by atoms with E-state index in [0.717, 1.165) is 11.1 Å². The summed E-state index contributed by atoms with van der Waals surface area (Å²) >= 11 is 5.91. The van der Waals surface area contributed by atoms with Gasteiger partial charge in [0.25, 0.3) is 0 Å². The van der Waals surface area contributed by atoms with Crippen molar-refractivity contribution in [2.24, 2.45) is 5.92 Å². The fourth-order valence-corrected chi connectivity index (χ4v) is 5.18. The molecule has 34 heavy (non-hydrogen) atoms. The second-order valence-corrected chi connectivity index (χ2v) is 11.4. The topological polar surface area (TPSA) is 113 Å². The van der Waals surface area contributed by atoms with Crippen LogP contribution in [-0.2, 0) is 19.6 Å². The lowest BCUT2D eigenvalue weighted by Crippen LogP contribution is -2.50. The van der Waals surface area contributed by atoms with Gasteiger partial charge in [0.15, 0.2) is 0 Å². The Labute approximate surface area is 204 Å². The van der Waals surface area contributed by atoms with E-state index >= 15 is 0 Å². The number of hydrogen-bond acceptors (Lipinski definition) is 5. The summed E-state index contributed by atoms with van der Waals surface area (Å²) < 4.78 is 33.6. The number of piperidine rings is 1. The highest BCUT2D eigenvalue weighted by atomic mass is 35.5. The largest absolute Gasteiger partial charge is 0.480 e. The molecule has 1 aliphatic heterocycles. The van der Waals surface area contributed by atoms with E-state index in [2.05, 4.69) is 4.72 Å². The number of carbonyl (C=O) groups is 2. The Kier molecular flexibility index (Phi) is 7.90. The van der Waals surface area contributed by atoms with Gasteiger partial charge >= 0.3 is 12.1 Å². The molecule has 2 N–H and O–H groups in total. The van der Waals surface area contributed by atoms with Crippen LogP contribution in [0.2, 0.25) is 5.02 Å². The van der Waals surface area contributed by atoms with E-state index in [-0.39, 0.29) is 4.90 Å². The second kappa shape index (κ2) is 10.3. The van der Waals surface area contributed by atoms with Crippen LogP contribution in [0.25, 0.3) is 11.1 Å². The summed E-state index contributed by atoms with van der Waals surface area (Å²) in [4.78, 5) is 25.7. The second-order valence-electron chi connectivity index (χ2n) is 9.27. The SMILES string of the molecule is CC(C)(C)OC(=O)N1CCC([C@@H](NS(=O)(=O)c2ccc(-c3ccc(Cl)cc3)cc2)C(=O)O)CC1. The highest BCUT2D eigenvalue weighted by molar-refractivity contribution is 7.89. The molecule has 1 atom stereocenters. The number of benzene rings is 2. The Morgan fingerprint density at radius 3 is 2.00 bits per heavy atom. The van der Waals surface area contributed by atoms with Gasteiger partial charge < -0.3 is 14.7 Å². The normalized spacial score (nSPS) is 16.2. The molecular weight excluding hydrogens is 480 g/mol. The van der Waals surface area contributed by atoms with Crippen molar-refractivity contribution < 1.29 is 27.9 Å². The first kappa shape index (κ1) is 26.0. The smallest absolute Gasteiger partial charge is 0.410 e. The zero-order chi connectivity index (χ0) is 25.1. The lowest BCUT2D eigenvalue weighted by atomic mass is 9.90. The summed E-state index contributed by atoms with van der Waals surface area (Å²) in [5.41, 5.74) is 1.05. The molecule has 2 aromatic rings. The number of carbonyl (C=O) groups excluding carboxylic acids is 1. The number of aliphatic carboxylic acids is 1. The standard InChI is InChI=1S/C24H29ClN2O6S/c1-24(2,3)33-23(30)27-14-12-18(13-15-27)21(22(28)29)26-34(31,32)20-10-6-17(7-11-20)16-4-8-19(25)9-5-16/h4-11,18,21,26H,12-15H2,1-3H3,(H,28,29)/t21-/m1/s1. The number of amides is 1. The average Bonchev–Trinajstić information content (AvgIpc) is 2.77. The quantitative estimate of drug-likeness (QED) is 0.598. The van der Waals surface area contributed by atoms with Gasteiger partial charge in [-0.1, -0.05) is 35.9 Å². The third kappa shape index (κ3) is 6.71. The first-order valence-corrected chi connectivity index (χ1v) is 12.8. The van der Waals surface area contributed by atoms with Crippen LogP contribution >= 0.6 is 11.6 Å². The van der Waals surface area contributed by atoms with E-state index in [9.17, 15) is 23.1 Å². The highest BCUT2D eigenvalue weighted by Gasteiger charge is 2.36. The molecule has 0 radical (unpaired) electrons. The van der Waals surface area contributed by atoms with Crippen LogP contribution in [0.1, 0.15) is 33.6 Å². The molecule has 1 saturated heterocycles. The summed E-state index contributed by atoms with van der Waals surface area (Å²) in [6, 6.07) is 12.0. The summed E-state index contributed by atoms with van der Waals surface area (Å²) in [7, 11) is -4.07. The van der Waals surface area contributed by atoms with E-state index in [1.165, 1.54) is 17.0 Å². The van der Waals surface area contributed by atoms with Crippen LogP contribution in [0.3, 0.4) is 0 Å². The Hall–Kier alpha value is -2.62. The van der Waals surface area contributed by atoms with Crippen molar-refractivity contribution in [2.75, 3.05) is 13.1 Å². The van der Waals surface area contributed by atoms with Crippen molar-refractivity contribution in [1.29, 1.82) is 0 Å². The number of carboxylic acid groups (broad SMARTS) is 1. The van der Waals surface area contributed by atoms with Crippen LogP contribution in [0.15, 0.2) is 53.4 Å². The molecular formula is C24H29ClN2O6S. The monoisotopic (exact) mass is 508 g/mol. The third-order valence-electron chi connectivity index (χ3n) is 5.55. The Balaban J connectivity index is 1.67. The van der Waals surface area contributed by atoms with E-state index in [4.69, 9.17) is 16.3 Å². The maximum Gasteiger partial charge on any atom is 0.410 e. The molecule has 1 aliphatic rings. The van der Waals surface area contributed by atoms with Crippen LogP contribution in [0.5, 0.6) is 0 Å². The van der Waals surface area contributed by atoms with Crippen molar-refractivity contribution in [3.8, 4) is 11.1 Å². The molecule has 3 rings (SSSR count). The minimum absolute atomic E-state index is 0.0253. The number of hydrogen-bond donors (Lipinski definition) is 2. The average molecular weight is 509 g/mol. The molecule has 1 heterocycles. The number of nitrogens with one attached hydrogen (secondary N) is 1. The fraction of sp³-hybridized carbons (Fsp3) is 0.417. The molecule has 8 nitrogen and oxygen atoms in total. The third-order valence-corrected chi connectivity index (χ3v) is 7.26. The Bertz CT molecular complexity index is 1120. The summed E-state index contributed by atoms with van der Waals surface area (Å²) in [5.74, 6) is -1.71. The number of nitrogens with zero attached hydrogens (tertiary/aromatic N) is 1. The molecule has 0 saturated carbocycles. The minimum Gasteiger partial charge on any atom is -0.480 e. The van der Waals surface area contributed by atoms with Gasteiger partial charge in [-0.3, -0.25) is 4.79 Å². The minimum atomic E-state index is -4.07. The molecule has 0 unspecified atom stereocenters. The number of rotatable bonds is 6. The van der Waals surface area contributed by atoms with E-state index in [1.807, 2.05) is 12.1 Å². The molecule has 2 aromatic carbocycles. The maximum absolute atomic E-state index is 12.9. The van der Waals surface area contributed by atoms with E-state index in [0.29, 0.717) is 31.0 Å². The molecule has 0 aromatic heterocycles. The highest BCUT2D eigenvalue weighted by Crippen LogP contribution is 2.26. The first-order valence-electron chi connectivity index (χ1n) is 10.9. The van der Waals surface area contributed by atoms with Gasteiger partial charge in [-0.25, -0.2) is 13.2 Å². The van der Waals surface area contributed by atoms with Crippen molar-refractivity contribution in [1.82, 2.24) is 9.62 Å². The summed E-state index contributed by atoms with van der Waals surface area (Å²) in [6.45, 7) is 5.90. The van der Waals surface area contributed by atoms with Gasteiger partial charge in [0.1, 0.15) is 11.6 Å². The zero-order valence-corrected chi connectivity index (χ0v) is 20.9. The number of halogens is 1. The van der Waals surface area contributed by atoms with Crippen molar-refractivity contribution >= 4 is 33.7 Å². The van der Waals surface area contributed by atoms with Crippen molar-refractivity contribution in [3.05, 3.63) is 53.6 Å².